The molecule has 2 bridgehead atoms. The molecule has 3 aliphatic carbocycles. The number of imide groups is 1. The summed E-state index contributed by atoms with van der Waals surface area (Å²) in [4.78, 5) is 40.9. The molecule has 2 aromatic carbocycles. The molecule has 0 spiro atoms. The molecule has 1 aliphatic heterocycles. The van der Waals surface area contributed by atoms with Crippen LogP contribution in [0.3, 0.4) is 0 Å². The summed E-state index contributed by atoms with van der Waals surface area (Å²) in [7, 11) is 0. The molecule has 0 aromatic heterocycles. The first kappa shape index (κ1) is 21.8. The lowest BCUT2D eigenvalue weighted by molar-refractivity contribution is -0.153. The molecular formula is C25H23Br2NO4. The Morgan fingerprint density at radius 3 is 1.72 bits per heavy atom. The average Bonchev–Trinajstić information content (AvgIpc) is 3.06. The van der Waals surface area contributed by atoms with Gasteiger partial charge in [0.15, 0.2) is 0 Å². The Morgan fingerprint density at radius 2 is 1.31 bits per heavy atom. The minimum absolute atomic E-state index is 0.303. The number of benzene rings is 2. The second-order valence-electron chi connectivity index (χ2n) is 8.66. The van der Waals surface area contributed by atoms with Gasteiger partial charge in [-0.1, -0.05) is 100 Å². The lowest BCUT2D eigenvalue weighted by Crippen LogP contribution is -2.56. The Kier molecular flexibility index (Phi) is 5.32. The van der Waals surface area contributed by atoms with Crippen LogP contribution in [-0.4, -0.2) is 35.8 Å². The van der Waals surface area contributed by atoms with Gasteiger partial charge in [0.2, 0.25) is 11.8 Å². The third-order valence-corrected chi connectivity index (χ3v) is 9.67. The molecule has 4 aliphatic rings. The van der Waals surface area contributed by atoms with E-state index in [9.17, 15) is 14.4 Å². The minimum atomic E-state index is -0.840. The molecule has 2 aromatic rings. The van der Waals surface area contributed by atoms with Crippen molar-refractivity contribution in [1.29, 1.82) is 0 Å². The van der Waals surface area contributed by atoms with Crippen LogP contribution in [-0.2, 0) is 27.8 Å². The second-order valence-corrected chi connectivity index (χ2v) is 11.2. The Morgan fingerprint density at radius 1 is 0.875 bits per heavy atom. The maximum Gasteiger partial charge on any atom is 0.326 e. The normalized spacial score (nSPS) is 29.5. The van der Waals surface area contributed by atoms with Gasteiger partial charge in [0.25, 0.3) is 0 Å². The number of carbonyl (C=O) groups is 3. The molecule has 32 heavy (non-hydrogen) atoms. The van der Waals surface area contributed by atoms with Crippen LogP contribution < -0.4 is 0 Å². The highest BCUT2D eigenvalue weighted by molar-refractivity contribution is 9.10. The highest BCUT2D eigenvalue weighted by Gasteiger charge is 2.72. The number of ether oxygens (including phenoxy) is 1. The van der Waals surface area contributed by atoms with Gasteiger partial charge >= 0.3 is 5.97 Å². The third kappa shape index (κ3) is 2.76. The van der Waals surface area contributed by atoms with Crippen LogP contribution >= 0.6 is 31.9 Å². The molecule has 2 atom stereocenters. The zero-order valence-corrected chi connectivity index (χ0v) is 20.8. The zero-order valence-electron chi connectivity index (χ0n) is 17.6. The van der Waals surface area contributed by atoms with E-state index in [1.54, 1.807) is 0 Å². The molecule has 166 valence electrons. The summed E-state index contributed by atoms with van der Waals surface area (Å²) in [6.07, 6.45) is 2.76. The number of unbranched alkanes of at least 4 members (excludes halogenated alkanes) is 2. The van der Waals surface area contributed by atoms with Gasteiger partial charge in [-0.15, -0.1) is 0 Å². The van der Waals surface area contributed by atoms with E-state index in [4.69, 9.17) is 4.74 Å². The third-order valence-electron chi connectivity index (χ3n) is 6.97. The van der Waals surface area contributed by atoms with Crippen molar-refractivity contribution in [1.82, 2.24) is 4.90 Å². The quantitative estimate of drug-likeness (QED) is 0.224. The maximum atomic E-state index is 13.7. The number of esters is 1. The smallest absolute Gasteiger partial charge is 0.326 e. The van der Waals surface area contributed by atoms with Crippen molar-refractivity contribution < 1.29 is 19.1 Å². The van der Waals surface area contributed by atoms with Crippen LogP contribution in [0.2, 0.25) is 0 Å². The van der Waals surface area contributed by atoms with E-state index in [-0.39, 0.29) is 18.4 Å². The van der Waals surface area contributed by atoms with Crippen molar-refractivity contribution in [2.45, 2.75) is 34.8 Å². The zero-order chi connectivity index (χ0) is 22.7. The van der Waals surface area contributed by atoms with E-state index in [1.165, 1.54) is 0 Å². The lowest BCUT2D eigenvalue weighted by atomic mass is 9.54. The highest BCUT2D eigenvalue weighted by atomic mass is 79.9. The molecule has 0 saturated carbocycles. The molecule has 1 fully saturated rings. The highest BCUT2D eigenvalue weighted by Crippen LogP contribution is 2.70. The number of rotatable bonds is 6. The van der Waals surface area contributed by atoms with Crippen molar-refractivity contribution in [3.63, 3.8) is 0 Å². The number of likely N-dealkylation sites (tertiary alicyclic amines) is 1. The van der Waals surface area contributed by atoms with Crippen molar-refractivity contribution in [2.75, 3.05) is 13.2 Å². The van der Waals surface area contributed by atoms with Crippen molar-refractivity contribution in [3.05, 3.63) is 70.8 Å². The van der Waals surface area contributed by atoms with Gasteiger partial charge in [-0.2, -0.15) is 0 Å². The van der Waals surface area contributed by atoms with Gasteiger partial charge in [0.1, 0.15) is 6.54 Å². The molecule has 0 N–H and O–H groups in total. The minimum Gasteiger partial charge on any atom is -0.464 e. The Hall–Kier alpha value is -1.99. The number of alkyl halides is 2. The predicted molar refractivity (Wildman–Crippen MR) is 126 cm³/mol. The summed E-state index contributed by atoms with van der Waals surface area (Å²) in [6.45, 7) is 2.02. The molecule has 0 radical (unpaired) electrons. The van der Waals surface area contributed by atoms with E-state index >= 15 is 0 Å². The fraction of sp³-hybridized carbons (Fsp3) is 0.400. The van der Waals surface area contributed by atoms with Gasteiger partial charge < -0.3 is 4.74 Å². The first-order valence-electron chi connectivity index (χ1n) is 10.9. The monoisotopic (exact) mass is 559 g/mol. The summed E-state index contributed by atoms with van der Waals surface area (Å²) in [5.74, 6) is -2.54. The van der Waals surface area contributed by atoms with Gasteiger partial charge in [-0.05, 0) is 28.7 Å². The summed E-state index contributed by atoms with van der Waals surface area (Å²) >= 11 is 7.89. The van der Waals surface area contributed by atoms with Crippen molar-refractivity contribution in [3.8, 4) is 0 Å². The first-order chi connectivity index (χ1) is 15.4. The number of hydrogen-bond donors (Lipinski definition) is 0. The number of carbonyl (C=O) groups excluding carboxylic acids is 3. The predicted octanol–water partition coefficient (Wildman–Crippen LogP) is 4.63. The van der Waals surface area contributed by atoms with E-state index in [2.05, 4.69) is 38.8 Å². The average molecular weight is 561 g/mol. The van der Waals surface area contributed by atoms with E-state index in [1.807, 2.05) is 48.5 Å². The standard InChI is InChI=1S/C25H23Br2NO4/c1-2-3-8-13-32-19(29)14-28-22(30)20-21(23(28)31)25(27)16-10-5-4-9-15(16)24(20,26)17-11-6-7-12-18(17)25/h4-7,9-12,20-21H,2-3,8,13-14H2,1H3. The van der Waals surface area contributed by atoms with Crippen molar-refractivity contribution in [2.24, 2.45) is 11.8 Å². The van der Waals surface area contributed by atoms with E-state index < -0.39 is 26.5 Å². The summed E-state index contributed by atoms with van der Waals surface area (Å²) < 4.78 is 3.61. The van der Waals surface area contributed by atoms with Gasteiger partial charge in [0, 0.05) is 0 Å². The van der Waals surface area contributed by atoms with Crippen LogP contribution in [0.1, 0.15) is 48.4 Å². The van der Waals surface area contributed by atoms with Gasteiger partial charge in [-0.3, -0.25) is 19.3 Å². The molecule has 6 rings (SSSR count). The maximum absolute atomic E-state index is 13.7. The number of nitrogens with zero attached hydrogens (tertiary/aromatic N) is 1. The number of hydrogen-bond acceptors (Lipinski definition) is 4. The lowest BCUT2D eigenvalue weighted by Gasteiger charge is -2.55. The first-order valence-corrected chi connectivity index (χ1v) is 12.5. The Balaban J connectivity index is 1.56. The van der Waals surface area contributed by atoms with Crippen molar-refractivity contribution >= 4 is 49.6 Å². The summed E-state index contributed by atoms with van der Waals surface area (Å²) in [5.41, 5.74) is 3.90. The molecule has 2 unspecified atom stereocenters. The van der Waals surface area contributed by atoms with Crippen LogP contribution in [0, 0.1) is 11.8 Å². The molecule has 1 heterocycles. The molecule has 5 nitrogen and oxygen atoms in total. The summed E-state index contributed by atoms with van der Waals surface area (Å²) in [5, 5.41) is 0. The Labute approximate surface area is 203 Å². The Bertz CT molecular complexity index is 1010. The largest absolute Gasteiger partial charge is 0.464 e. The molecular weight excluding hydrogens is 538 g/mol. The van der Waals surface area contributed by atoms with Crippen LogP contribution in [0.25, 0.3) is 0 Å². The SMILES string of the molecule is CCCCCOC(=O)CN1C(=O)C2C(C1=O)C1(Br)c3ccccc3C2(Br)c2ccccc21. The summed E-state index contributed by atoms with van der Waals surface area (Å²) in [6, 6.07) is 15.8. The van der Waals surface area contributed by atoms with E-state index in [0.29, 0.717) is 6.61 Å². The molecule has 1 saturated heterocycles. The van der Waals surface area contributed by atoms with Crippen LogP contribution in [0.4, 0.5) is 0 Å². The molecule has 2 amide bonds. The fourth-order valence-electron chi connectivity index (χ4n) is 5.59. The fourth-order valence-corrected chi connectivity index (χ4v) is 7.90. The van der Waals surface area contributed by atoms with Crippen LogP contribution in [0.5, 0.6) is 0 Å². The van der Waals surface area contributed by atoms with Gasteiger partial charge in [-0.25, -0.2) is 0 Å². The second kappa shape index (κ2) is 7.80. The number of halogens is 2. The molecule has 7 heteroatoms. The van der Waals surface area contributed by atoms with Crippen LogP contribution in [0.15, 0.2) is 48.5 Å². The number of amides is 2. The topological polar surface area (TPSA) is 63.7 Å². The van der Waals surface area contributed by atoms with E-state index in [0.717, 1.165) is 46.4 Å². The van der Waals surface area contributed by atoms with Gasteiger partial charge in [0.05, 0.1) is 27.1 Å².